The molecule has 0 saturated carbocycles. The van der Waals surface area contributed by atoms with Crippen LogP contribution < -0.4 is 5.32 Å². The van der Waals surface area contributed by atoms with Crippen molar-refractivity contribution in [3.8, 4) is 0 Å². The Bertz CT molecular complexity index is 1300. The number of sulfone groups is 1. The van der Waals surface area contributed by atoms with Gasteiger partial charge in [-0.25, -0.2) is 8.42 Å². The summed E-state index contributed by atoms with van der Waals surface area (Å²) in [6.45, 7) is 8.22. The molecule has 0 unspecified atom stereocenters. The number of benzene rings is 2. The SMILES string of the molecule is C=CCn1c(S[C@@H](C(=O)Nc2cc(C)ccc2C)c2ccccc2)nnc1[C@H]1CCS(=O)(=O)C1. The van der Waals surface area contributed by atoms with Crippen LogP contribution in [0, 0.1) is 13.8 Å². The molecule has 3 aromatic rings. The van der Waals surface area contributed by atoms with Gasteiger partial charge in [-0.2, -0.15) is 0 Å². The van der Waals surface area contributed by atoms with Crippen molar-refractivity contribution in [1.29, 1.82) is 0 Å². The molecule has 7 nitrogen and oxygen atoms in total. The van der Waals surface area contributed by atoms with Gasteiger partial charge < -0.3 is 9.88 Å². The van der Waals surface area contributed by atoms with Gasteiger partial charge in [0, 0.05) is 18.2 Å². The monoisotopic (exact) mass is 496 g/mol. The Morgan fingerprint density at radius 3 is 2.68 bits per heavy atom. The van der Waals surface area contributed by atoms with Crippen LogP contribution in [0.4, 0.5) is 5.69 Å². The predicted molar refractivity (Wildman–Crippen MR) is 136 cm³/mol. The lowest BCUT2D eigenvalue weighted by molar-refractivity contribution is -0.115. The highest BCUT2D eigenvalue weighted by Crippen LogP contribution is 2.38. The number of allylic oxidation sites excluding steroid dienone is 1. The maximum absolute atomic E-state index is 13.5. The van der Waals surface area contributed by atoms with Crippen molar-refractivity contribution in [2.45, 2.75) is 43.1 Å². The van der Waals surface area contributed by atoms with Gasteiger partial charge in [0.2, 0.25) is 5.91 Å². The van der Waals surface area contributed by atoms with E-state index in [0.29, 0.717) is 23.9 Å². The second kappa shape index (κ2) is 10.1. The van der Waals surface area contributed by atoms with Crippen molar-refractivity contribution < 1.29 is 13.2 Å². The first kappa shape index (κ1) is 24.2. The second-order valence-electron chi connectivity index (χ2n) is 8.56. The molecular weight excluding hydrogens is 468 g/mol. The van der Waals surface area contributed by atoms with Crippen molar-refractivity contribution in [1.82, 2.24) is 14.8 Å². The minimum Gasteiger partial charge on any atom is -0.325 e. The van der Waals surface area contributed by atoms with Crippen LogP contribution in [-0.2, 0) is 21.2 Å². The molecule has 2 atom stereocenters. The van der Waals surface area contributed by atoms with Crippen LogP contribution in [0.3, 0.4) is 0 Å². The molecule has 1 aliphatic heterocycles. The van der Waals surface area contributed by atoms with Gasteiger partial charge in [0.1, 0.15) is 11.1 Å². The average molecular weight is 497 g/mol. The summed E-state index contributed by atoms with van der Waals surface area (Å²) >= 11 is 1.31. The first-order chi connectivity index (χ1) is 16.3. The Kier molecular flexibility index (Phi) is 7.23. The molecule has 0 spiro atoms. The van der Waals surface area contributed by atoms with Crippen LogP contribution in [0.2, 0.25) is 0 Å². The average Bonchev–Trinajstić information content (AvgIpc) is 3.37. The summed E-state index contributed by atoms with van der Waals surface area (Å²) in [5.74, 6) is 0.493. The Morgan fingerprint density at radius 1 is 1.24 bits per heavy atom. The first-order valence-electron chi connectivity index (χ1n) is 11.1. The molecular formula is C25H28N4O3S2. The molecule has 2 aromatic carbocycles. The molecule has 1 aliphatic rings. The lowest BCUT2D eigenvalue weighted by Crippen LogP contribution is -2.20. The quantitative estimate of drug-likeness (QED) is 0.366. The summed E-state index contributed by atoms with van der Waals surface area (Å²) in [5.41, 5.74) is 3.66. The standard InChI is InChI=1S/C25H28N4O3S2/c1-4-13-29-23(20-12-14-34(31,32)16-20)27-28-25(29)33-22(19-8-6-5-7-9-19)24(30)26-21-15-17(2)10-11-18(21)3/h4-11,15,20,22H,1,12-14,16H2,2-3H3,(H,26,30)/t20-,22+/m0/s1. The summed E-state index contributed by atoms with van der Waals surface area (Å²) in [7, 11) is -3.07. The molecule has 1 N–H and O–H groups in total. The van der Waals surface area contributed by atoms with E-state index in [9.17, 15) is 13.2 Å². The fourth-order valence-corrected chi connectivity index (χ4v) is 6.86. The number of rotatable bonds is 8. The minimum absolute atomic E-state index is 0.0716. The molecule has 1 amide bonds. The molecule has 0 radical (unpaired) electrons. The molecule has 9 heteroatoms. The van der Waals surface area contributed by atoms with Crippen LogP contribution in [0.25, 0.3) is 0 Å². The maximum atomic E-state index is 13.5. The van der Waals surface area contributed by atoms with Gasteiger partial charge in [0.25, 0.3) is 0 Å². The highest BCUT2D eigenvalue weighted by atomic mass is 32.2. The molecule has 178 valence electrons. The summed E-state index contributed by atoms with van der Waals surface area (Å²) < 4.78 is 25.9. The van der Waals surface area contributed by atoms with Crippen LogP contribution >= 0.6 is 11.8 Å². The molecule has 1 fully saturated rings. The number of amides is 1. The van der Waals surface area contributed by atoms with E-state index in [2.05, 4.69) is 22.1 Å². The number of anilines is 1. The summed E-state index contributed by atoms with van der Waals surface area (Å²) in [6, 6.07) is 15.5. The Balaban J connectivity index is 1.66. The zero-order valence-electron chi connectivity index (χ0n) is 19.3. The van der Waals surface area contributed by atoms with E-state index in [1.54, 1.807) is 6.08 Å². The van der Waals surface area contributed by atoms with Crippen LogP contribution in [-0.4, -0.2) is 40.6 Å². The zero-order valence-corrected chi connectivity index (χ0v) is 20.9. The number of nitrogens with one attached hydrogen (secondary N) is 1. The number of hydrogen-bond acceptors (Lipinski definition) is 6. The molecule has 2 heterocycles. The van der Waals surface area contributed by atoms with E-state index in [1.165, 1.54) is 11.8 Å². The third-order valence-corrected chi connectivity index (χ3v) is 8.87. The van der Waals surface area contributed by atoms with E-state index in [4.69, 9.17) is 0 Å². The Labute approximate surface area is 204 Å². The highest BCUT2D eigenvalue weighted by molar-refractivity contribution is 8.00. The first-order valence-corrected chi connectivity index (χ1v) is 13.8. The summed E-state index contributed by atoms with van der Waals surface area (Å²) in [4.78, 5) is 13.5. The van der Waals surface area contributed by atoms with Gasteiger partial charge in [-0.05, 0) is 43.0 Å². The molecule has 4 rings (SSSR count). The fraction of sp³-hybridized carbons (Fsp3) is 0.320. The largest absolute Gasteiger partial charge is 0.325 e. The third kappa shape index (κ3) is 5.42. The molecule has 1 saturated heterocycles. The van der Waals surface area contributed by atoms with Gasteiger partial charge in [0.05, 0.1) is 11.5 Å². The van der Waals surface area contributed by atoms with E-state index >= 15 is 0 Å². The smallest absolute Gasteiger partial charge is 0.242 e. The van der Waals surface area contributed by atoms with E-state index in [-0.39, 0.29) is 23.3 Å². The normalized spacial score (nSPS) is 17.9. The van der Waals surface area contributed by atoms with Crippen molar-refractivity contribution in [2.75, 3.05) is 16.8 Å². The van der Waals surface area contributed by atoms with E-state index < -0.39 is 15.1 Å². The lowest BCUT2D eigenvalue weighted by atomic mass is 10.1. The van der Waals surface area contributed by atoms with Gasteiger partial charge >= 0.3 is 0 Å². The van der Waals surface area contributed by atoms with Crippen molar-refractivity contribution in [3.05, 3.63) is 83.7 Å². The Hall–Kier alpha value is -2.91. The predicted octanol–water partition coefficient (Wildman–Crippen LogP) is 4.46. The number of hydrogen-bond donors (Lipinski definition) is 1. The third-order valence-electron chi connectivity index (χ3n) is 5.87. The topological polar surface area (TPSA) is 93.9 Å². The highest BCUT2D eigenvalue weighted by Gasteiger charge is 2.34. The number of nitrogens with zero attached hydrogens (tertiary/aromatic N) is 3. The van der Waals surface area contributed by atoms with Crippen LogP contribution in [0.5, 0.6) is 0 Å². The molecule has 0 aliphatic carbocycles. The van der Waals surface area contributed by atoms with Gasteiger partial charge in [-0.1, -0.05) is 60.3 Å². The Morgan fingerprint density at radius 2 is 2.00 bits per heavy atom. The molecule has 1 aromatic heterocycles. The second-order valence-corrected chi connectivity index (χ2v) is 11.9. The zero-order chi connectivity index (χ0) is 24.3. The number of thioether (sulfide) groups is 1. The van der Waals surface area contributed by atoms with Gasteiger partial charge in [-0.15, -0.1) is 16.8 Å². The lowest BCUT2D eigenvalue weighted by Gasteiger charge is -2.19. The van der Waals surface area contributed by atoms with Crippen LogP contribution in [0.15, 0.2) is 66.3 Å². The summed E-state index contributed by atoms with van der Waals surface area (Å²) in [6.07, 6.45) is 2.26. The maximum Gasteiger partial charge on any atom is 0.242 e. The minimum atomic E-state index is -3.07. The fourth-order valence-electron chi connectivity index (χ4n) is 4.06. The van der Waals surface area contributed by atoms with Crippen molar-refractivity contribution >= 4 is 33.2 Å². The number of carbonyl (C=O) groups is 1. The number of aromatic nitrogens is 3. The number of carbonyl (C=O) groups excluding carboxylic acids is 1. The van der Waals surface area contributed by atoms with E-state index in [0.717, 1.165) is 22.4 Å². The van der Waals surface area contributed by atoms with Crippen molar-refractivity contribution in [3.63, 3.8) is 0 Å². The number of aryl methyl sites for hydroxylation is 2. The van der Waals surface area contributed by atoms with E-state index in [1.807, 2.05) is 66.9 Å². The molecule has 0 bridgehead atoms. The van der Waals surface area contributed by atoms with Gasteiger partial charge in [0.15, 0.2) is 15.0 Å². The molecule has 34 heavy (non-hydrogen) atoms. The summed E-state index contributed by atoms with van der Waals surface area (Å²) in [5, 5.41) is 11.8. The van der Waals surface area contributed by atoms with Gasteiger partial charge in [-0.3, -0.25) is 4.79 Å². The van der Waals surface area contributed by atoms with Crippen molar-refractivity contribution in [2.24, 2.45) is 0 Å². The van der Waals surface area contributed by atoms with Crippen LogP contribution in [0.1, 0.15) is 40.1 Å².